The van der Waals surface area contributed by atoms with Gasteiger partial charge >= 0.3 is 0 Å². The van der Waals surface area contributed by atoms with E-state index in [1.165, 1.54) is 289 Å². The maximum absolute atomic E-state index is 6.47. The van der Waals surface area contributed by atoms with Crippen LogP contribution in [0.4, 0.5) is 0 Å². The van der Waals surface area contributed by atoms with Crippen molar-refractivity contribution in [3.8, 4) is 67.3 Å². The topological polar surface area (TPSA) is 38.9 Å². The SMILES string of the molecule is CCCCCCCCC1(CCCCCCCC)c2cc(C)ccc2-c2ccc(-c3cc(-c4ccc5c(c4)C(CCCCCCCC)(CCCCCCCC)c4cc(-c6ccc7c(c6)sc6c8ccc(C)cc8sc76)ccc4-5)nc(-c4ccc5sc6cc7oc8ccccc8c7cc6c5c4)n3)cc21. The second kappa shape index (κ2) is 30.2. The van der Waals surface area contributed by atoms with Gasteiger partial charge in [0.05, 0.1) is 20.8 Å². The minimum Gasteiger partial charge on any atom is -0.456 e. The number of thiophene rings is 3. The van der Waals surface area contributed by atoms with E-state index in [4.69, 9.17) is 14.4 Å². The van der Waals surface area contributed by atoms with Crippen molar-refractivity contribution in [2.24, 2.45) is 0 Å². The van der Waals surface area contributed by atoms with Gasteiger partial charge in [-0.05, 0) is 174 Å². The standard InChI is InChI=1S/C96H102N2OS3/c1-7-11-15-19-23-29-49-95(50-30-24-20-16-12-8-2)80-53-63(5)35-42-70(80)72-45-39-67(57-82(72)95)84-61-85(98-94(97-84)69-41-48-88-78(55-69)79-60-77-74-33-27-28-34-86(74)99-87(77)62-91(79)100-88)68-40-46-73-71-44-37-65(66-38-47-76-90(59-66)102-92-75-43-36-64(6)54-89(75)101-93(76)92)56-81(71)96(83(73)58-68,51-31-25-21-17-13-9-3)52-32-26-22-18-14-10-4/h27-28,33-48,53-62H,7-26,29-32,49-52H2,1-6H3. The summed E-state index contributed by atoms with van der Waals surface area (Å²) in [5.41, 5.74) is 24.1. The number of hydrogen-bond donors (Lipinski definition) is 0. The Bertz CT molecular complexity index is 5340. The summed E-state index contributed by atoms with van der Waals surface area (Å²) in [4.78, 5) is 11.7. The zero-order chi connectivity index (χ0) is 69.3. The highest BCUT2D eigenvalue weighted by Crippen LogP contribution is 2.58. The van der Waals surface area contributed by atoms with Crippen LogP contribution in [-0.2, 0) is 10.8 Å². The summed E-state index contributed by atoms with van der Waals surface area (Å²) in [6.45, 7) is 13.9. The van der Waals surface area contributed by atoms with Gasteiger partial charge in [-0.1, -0.05) is 284 Å². The number of para-hydroxylation sites is 1. The van der Waals surface area contributed by atoms with Crippen LogP contribution in [-0.4, -0.2) is 9.97 Å². The second-order valence-corrected chi connectivity index (χ2v) is 34.0. The summed E-state index contributed by atoms with van der Waals surface area (Å²) in [6, 6.07) is 66.9. The number of fused-ring (bicyclic) bond motifs is 17. The molecule has 6 heteroatoms. The summed E-state index contributed by atoms with van der Waals surface area (Å²) in [5.74, 6) is 0.771. The molecule has 16 rings (SSSR count). The Morgan fingerprint density at radius 3 is 1.28 bits per heavy atom. The molecule has 0 atom stereocenters. The molecule has 0 saturated carbocycles. The molecule has 0 radical (unpaired) electrons. The van der Waals surface area contributed by atoms with Crippen molar-refractivity contribution in [1.82, 2.24) is 9.97 Å². The van der Waals surface area contributed by atoms with E-state index in [9.17, 15) is 0 Å². The first-order chi connectivity index (χ1) is 50.1. The summed E-state index contributed by atoms with van der Waals surface area (Å²) in [5, 5.41) is 7.57. The summed E-state index contributed by atoms with van der Waals surface area (Å²) in [7, 11) is 0. The van der Waals surface area contributed by atoms with Crippen LogP contribution in [0.1, 0.15) is 241 Å². The lowest BCUT2D eigenvalue weighted by Gasteiger charge is -2.33. The number of aromatic nitrogens is 2. The first-order valence-electron chi connectivity index (χ1n) is 39.7. The molecule has 5 aromatic heterocycles. The van der Waals surface area contributed by atoms with Crippen LogP contribution in [0.25, 0.3) is 139 Å². The third-order valence-corrected chi connectivity index (χ3v) is 27.5. The third kappa shape index (κ3) is 13.1. The fourth-order valence-corrected chi connectivity index (χ4v) is 22.2. The van der Waals surface area contributed by atoms with E-state index in [0.717, 1.165) is 57.6 Å². The van der Waals surface area contributed by atoms with Crippen LogP contribution in [0.2, 0.25) is 0 Å². The molecule has 9 aromatic carbocycles. The molecular formula is C96H102N2OS3. The average Bonchev–Trinajstić information content (AvgIpc) is 1.57. The second-order valence-electron chi connectivity index (χ2n) is 30.9. The largest absolute Gasteiger partial charge is 0.456 e. The highest BCUT2D eigenvalue weighted by atomic mass is 32.1. The van der Waals surface area contributed by atoms with Crippen LogP contribution in [0.5, 0.6) is 0 Å². The van der Waals surface area contributed by atoms with Gasteiger partial charge in [0.25, 0.3) is 0 Å². The molecule has 102 heavy (non-hydrogen) atoms. The van der Waals surface area contributed by atoms with E-state index in [0.29, 0.717) is 0 Å². The maximum atomic E-state index is 6.47. The van der Waals surface area contributed by atoms with E-state index in [1.807, 2.05) is 34.0 Å². The Morgan fingerprint density at radius 1 is 0.294 bits per heavy atom. The lowest BCUT2D eigenvalue weighted by molar-refractivity contribution is 0.398. The maximum Gasteiger partial charge on any atom is 0.160 e. The molecule has 0 N–H and O–H groups in total. The molecule has 0 bridgehead atoms. The predicted molar refractivity (Wildman–Crippen MR) is 446 cm³/mol. The van der Waals surface area contributed by atoms with Crippen molar-refractivity contribution in [3.63, 3.8) is 0 Å². The summed E-state index contributed by atoms with van der Waals surface area (Å²) in [6.07, 6.45) is 35.5. The highest BCUT2D eigenvalue weighted by Gasteiger charge is 2.44. The molecule has 0 unspecified atom stereocenters. The number of hydrogen-bond acceptors (Lipinski definition) is 6. The summed E-state index contributed by atoms with van der Waals surface area (Å²) >= 11 is 5.78. The van der Waals surface area contributed by atoms with Gasteiger partial charge in [-0.2, -0.15) is 0 Å². The van der Waals surface area contributed by atoms with E-state index in [2.05, 4.69) is 211 Å². The number of rotatable bonds is 32. The molecule has 0 aliphatic heterocycles. The zero-order valence-corrected chi connectivity index (χ0v) is 63.9. The normalized spacial score (nSPS) is 13.7. The van der Waals surface area contributed by atoms with Gasteiger partial charge in [0.15, 0.2) is 5.82 Å². The van der Waals surface area contributed by atoms with Crippen molar-refractivity contribution in [2.75, 3.05) is 0 Å². The smallest absolute Gasteiger partial charge is 0.160 e. The number of aryl methyl sites for hydroxylation is 2. The molecule has 2 aliphatic rings. The van der Waals surface area contributed by atoms with Gasteiger partial charge in [0.1, 0.15) is 11.2 Å². The van der Waals surface area contributed by atoms with Crippen LogP contribution >= 0.6 is 34.0 Å². The molecule has 520 valence electrons. The van der Waals surface area contributed by atoms with Crippen LogP contribution in [0, 0.1) is 13.8 Å². The van der Waals surface area contributed by atoms with Crippen molar-refractivity contribution >= 4 is 106 Å². The van der Waals surface area contributed by atoms with Gasteiger partial charge in [-0.15, -0.1) is 34.0 Å². The fourth-order valence-electron chi connectivity index (χ4n) is 18.3. The predicted octanol–water partition coefficient (Wildman–Crippen LogP) is 31.1. The Morgan fingerprint density at radius 2 is 0.716 bits per heavy atom. The van der Waals surface area contributed by atoms with Crippen molar-refractivity contribution in [3.05, 3.63) is 203 Å². The zero-order valence-electron chi connectivity index (χ0n) is 61.5. The van der Waals surface area contributed by atoms with Crippen LogP contribution in [0.3, 0.4) is 0 Å². The van der Waals surface area contributed by atoms with Gasteiger partial charge in [-0.25, -0.2) is 9.97 Å². The van der Waals surface area contributed by atoms with Gasteiger partial charge in [0.2, 0.25) is 0 Å². The average molecular weight is 1400 g/mol. The third-order valence-electron chi connectivity index (χ3n) is 23.8. The van der Waals surface area contributed by atoms with Crippen LogP contribution in [0.15, 0.2) is 174 Å². The minimum absolute atomic E-state index is 0.0655. The number of furan rings is 1. The van der Waals surface area contributed by atoms with Crippen molar-refractivity contribution in [1.29, 1.82) is 0 Å². The molecule has 0 fully saturated rings. The van der Waals surface area contributed by atoms with Crippen molar-refractivity contribution in [2.45, 2.75) is 232 Å². The Labute approximate surface area is 618 Å². The Balaban J connectivity index is 0.850. The number of nitrogens with zero attached hydrogens (tertiary/aromatic N) is 2. The molecular weight excluding hydrogens is 1290 g/mol. The monoisotopic (exact) mass is 1390 g/mol. The van der Waals surface area contributed by atoms with Gasteiger partial charge in [-0.3, -0.25) is 0 Å². The molecule has 2 aliphatic carbocycles. The van der Waals surface area contributed by atoms with Gasteiger partial charge < -0.3 is 4.42 Å². The Hall–Kier alpha value is -7.74. The molecule has 0 saturated heterocycles. The van der Waals surface area contributed by atoms with E-state index < -0.39 is 0 Å². The Kier molecular flexibility index (Phi) is 20.3. The molecule has 14 aromatic rings. The molecule has 0 amide bonds. The number of unbranched alkanes of at least 4 members (excludes halogenated alkanes) is 20. The quantitative estimate of drug-likeness (QED) is 0.0395. The lowest BCUT2D eigenvalue weighted by Crippen LogP contribution is -2.26. The fraction of sp³-hybridized carbons (Fsp3) is 0.375. The first kappa shape index (κ1) is 68.7. The van der Waals surface area contributed by atoms with Crippen molar-refractivity contribution < 1.29 is 4.42 Å². The van der Waals surface area contributed by atoms with Crippen LogP contribution < -0.4 is 0 Å². The molecule has 3 nitrogen and oxygen atoms in total. The van der Waals surface area contributed by atoms with E-state index >= 15 is 0 Å². The van der Waals surface area contributed by atoms with Gasteiger partial charge in [0, 0.05) is 78.6 Å². The van der Waals surface area contributed by atoms with E-state index in [-0.39, 0.29) is 10.8 Å². The first-order valence-corrected chi connectivity index (χ1v) is 42.2. The lowest BCUT2D eigenvalue weighted by atomic mass is 9.70. The van der Waals surface area contributed by atoms with E-state index in [1.54, 1.807) is 5.56 Å². The molecule has 5 heterocycles. The number of benzene rings is 9. The highest BCUT2D eigenvalue weighted by molar-refractivity contribution is 7.36. The minimum atomic E-state index is -0.156. The molecule has 0 spiro atoms. The summed E-state index contributed by atoms with van der Waals surface area (Å²) < 4.78 is 14.6.